The van der Waals surface area contributed by atoms with Crippen LogP contribution in [0.3, 0.4) is 0 Å². The highest BCUT2D eigenvalue weighted by Gasteiger charge is 2.40. The Morgan fingerprint density at radius 1 is 0.678 bits per heavy atom. The van der Waals surface area contributed by atoms with Gasteiger partial charge in [-0.2, -0.15) is 0 Å². The second kappa shape index (κ2) is 42.4. The predicted molar refractivity (Wildman–Crippen MR) is 322 cm³/mol. The number of halogens is 1. The summed E-state index contributed by atoms with van der Waals surface area (Å²) in [6.45, 7) is 2.98. The molecular formula is C57H91ClN12O20. The van der Waals surface area contributed by atoms with E-state index in [1.165, 1.54) is 26.2 Å². The lowest BCUT2D eigenvalue weighted by atomic mass is 10.0. The second-order valence-corrected chi connectivity index (χ2v) is 21.7. The number of amides is 9. The van der Waals surface area contributed by atoms with Gasteiger partial charge in [-0.15, -0.1) is 11.6 Å². The van der Waals surface area contributed by atoms with Crippen LogP contribution in [-0.2, 0) is 68.7 Å². The first-order chi connectivity index (χ1) is 42.7. The monoisotopic (exact) mass is 1300 g/mol. The van der Waals surface area contributed by atoms with Gasteiger partial charge in [0.2, 0.25) is 47.3 Å². The van der Waals surface area contributed by atoms with Crippen LogP contribution < -0.4 is 69.8 Å². The zero-order valence-electron chi connectivity index (χ0n) is 50.9. The number of aliphatic hydroxyl groups excluding tert-OH is 4. The fourth-order valence-electron chi connectivity index (χ4n) is 8.97. The van der Waals surface area contributed by atoms with Crippen LogP contribution in [0, 0.1) is 0 Å². The Bertz CT molecular complexity index is 2580. The number of nitrogens with two attached hydrogens (primary N) is 3. The number of carboxylic acids is 2. The average molecular weight is 1300 g/mol. The number of nitrogens with one attached hydrogen (secondary N) is 9. The van der Waals surface area contributed by atoms with Crippen molar-refractivity contribution in [3.8, 4) is 5.75 Å². The summed E-state index contributed by atoms with van der Waals surface area (Å²) in [7, 11) is 0. The molecule has 90 heavy (non-hydrogen) atoms. The standard InChI is InChI=1S/C57H91ClN12O20/c1-4-6-7-8-9-10-11-14-24-89-34-17-15-16-32(26-34)25-33(72)27-42(74)62-40-30-90-57(88)45(41(73)29-58)69-48(78)35(5-2)63-54(84)44(31(3)71)68-51(81)38(20-23-61)66-55(85)46(47(77)56(86)87)70-50(80)36(18-12-13-21-59)64-52(82)39(28-43(75)76)67-49(79)37(19-22-60)65-53(40)83/h5,15-17,26,31,33,36-41,44-47,71-73,77H,4,6-14,18-25,27-30,59-61H2,1-3H3,(H,62,74)(H,63,84)(H,64,82)(H,65,83)(H,66,85)(H,67,79)(H,68,81)(H,69,78)(H,70,80)(H,75,76)(H,86,87)/b35-5+/t31-,33-,36?,37?,38-,39-,40?,41+,44?,45?,46?,47-/m0/s1. The third-order valence-electron chi connectivity index (χ3n) is 14.0. The van der Waals surface area contributed by atoms with Crippen LogP contribution in [0.2, 0.25) is 0 Å². The number of carboxylic acid groups (broad SMARTS) is 2. The van der Waals surface area contributed by atoms with Gasteiger partial charge in [0.05, 0.1) is 43.6 Å². The van der Waals surface area contributed by atoms with E-state index < -0.39 is 194 Å². The fourth-order valence-corrected chi connectivity index (χ4v) is 9.15. The molecule has 32 nitrogen and oxygen atoms in total. The molecule has 0 radical (unpaired) electrons. The van der Waals surface area contributed by atoms with E-state index in [0.717, 1.165) is 45.1 Å². The summed E-state index contributed by atoms with van der Waals surface area (Å²) in [6, 6.07) is -9.37. The minimum atomic E-state index is -2.78. The number of hydrogen-bond donors (Lipinski definition) is 18. The van der Waals surface area contributed by atoms with E-state index in [4.69, 9.17) is 38.3 Å². The Labute approximate surface area is 526 Å². The third kappa shape index (κ3) is 28.5. The number of aliphatic hydroxyl groups is 4. The summed E-state index contributed by atoms with van der Waals surface area (Å²) in [6.07, 6.45) is -1.24. The molecule has 1 heterocycles. The lowest BCUT2D eigenvalue weighted by Gasteiger charge is -2.29. The van der Waals surface area contributed by atoms with Crippen molar-refractivity contribution in [3.63, 3.8) is 0 Å². The molecular weight excluding hydrogens is 1210 g/mol. The SMILES string of the molecule is C/C=C1/NC(=O)C([C@H](C)O)NC(=O)[C@H](CCN)NC(=O)C([C@H](O)C(=O)O)NC(=O)C(CCCCN)NC(=O)[C@H](CC(=O)O)NC(=O)C(CCN)NC(=O)C(NC(=O)C[C@@H](O)Cc2cccc(OCCCCCCCCCC)c2)COC(=O)C([C@H](O)CCl)NC1=O. The highest BCUT2D eigenvalue weighted by atomic mass is 35.5. The molecule has 0 saturated carbocycles. The van der Waals surface area contributed by atoms with Crippen LogP contribution in [0.4, 0.5) is 0 Å². The number of unbranched alkanes of at least 4 members (excludes halogenated alkanes) is 8. The zero-order valence-corrected chi connectivity index (χ0v) is 51.6. The van der Waals surface area contributed by atoms with Crippen LogP contribution >= 0.6 is 11.6 Å². The minimum Gasteiger partial charge on any atom is -0.494 e. The van der Waals surface area contributed by atoms with E-state index in [1.54, 1.807) is 24.3 Å². The fraction of sp³-hybridized carbons (Fsp3) is 0.649. The normalized spacial score (nSPS) is 23.5. The summed E-state index contributed by atoms with van der Waals surface area (Å²) in [4.78, 5) is 164. The van der Waals surface area contributed by atoms with E-state index in [9.17, 15) is 88.2 Å². The topological polar surface area (TPSA) is 531 Å². The van der Waals surface area contributed by atoms with Gasteiger partial charge in [0.1, 0.15) is 60.3 Å². The highest BCUT2D eigenvalue weighted by Crippen LogP contribution is 2.18. The molecule has 1 aliphatic heterocycles. The van der Waals surface area contributed by atoms with Crippen molar-refractivity contribution in [3.05, 3.63) is 41.6 Å². The van der Waals surface area contributed by atoms with Gasteiger partial charge in [0, 0.05) is 0 Å². The van der Waals surface area contributed by atoms with Crippen molar-refractivity contribution in [2.24, 2.45) is 17.2 Å². The number of esters is 1. The van der Waals surface area contributed by atoms with Gasteiger partial charge < -0.3 is 105 Å². The first-order valence-electron chi connectivity index (χ1n) is 29.9. The van der Waals surface area contributed by atoms with Gasteiger partial charge in [0.15, 0.2) is 12.1 Å². The summed E-state index contributed by atoms with van der Waals surface area (Å²) < 4.78 is 11.3. The molecule has 1 aliphatic rings. The summed E-state index contributed by atoms with van der Waals surface area (Å²) in [5, 5.41) is 82.8. The lowest BCUT2D eigenvalue weighted by molar-refractivity contribution is -0.153. The van der Waals surface area contributed by atoms with Crippen LogP contribution in [0.25, 0.3) is 0 Å². The number of rotatable bonds is 30. The van der Waals surface area contributed by atoms with E-state index in [1.807, 2.05) is 5.32 Å². The molecule has 1 aromatic rings. The zero-order chi connectivity index (χ0) is 67.5. The van der Waals surface area contributed by atoms with Crippen LogP contribution in [0.15, 0.2) is 36.0 Å². The number of alkyl halides is 1. The lowest BCUT2D eigenvalue weighted by Crippen LogP contribution is -2.63. The molecule has 1 fully saturated rings. The number of hydrogen-bond acceptors (Lipinski definition) is 21. The molecule has 0 aromatic heterocycles. The van der Waals surface area contributed by atoms with Crippen LogP contribution in [0.5, 0.6) is 5.75 Å². The van der Waals surface area contributed by atoms with Crippen molar-refractivity contribution < 1.29 is 97.6 Å². The number of benzene rings is 1. The smallest absolute Gasteiger partial charge is 0.335 e. The van der Waals surface area contributed by atoms with E-state index in [2.05, 4.69) is 49.5 Å². The largest absolute Gasteiger partial charge is 0.494 e. The first kappa shape index (κ1) is 78.5. The molecule has 506 valence electrons. The predicted octanol–water partition coefficient (Wildman–Crippen LogP) is -4.32. The summed E-state index contributed by atoms with van der Waals surface area (Å²) in [5.74, 6) is -17.4. The molecule has 0 spiro atoms. The maximum absolute atomic E-state index is 14.3. The molecule has 33 heteroatoms. The summed E-state index contributed by atoms with van der Waals surface area (Å²) >= 11 is 5.92. The Balaban J connectivity index is 2.72. The second-order valence-electron chi connectivity index (χ2n) is 21.4. The molecule has 1 aromatic carbocycles. The van der Waals surface area contributed by atoms with Crippen LogP contribution in [-0.4, -0.2) is 213 Å². The number of aliphatic carboxylic acids is 2. The minimum absolute atomic E-state index is 0.0352. The van der Waals surface area contributed by atoms with Gasteiger partial charge in [-0.05, 0) is 96.1 Å². The van der Waals surface area contributed by atoms with Crippen molar-refractivity contribution in [2.45, 2.75) is 196 Å². The van der Waals surface area contributed by atoms with Crippen molar-refractivity contribution in [1.29, 1.82) is 0 Å². The van der Waals surface area contributed by atoms with Gasteiger partial charge >= 0.3 is 17.9 Å². The van der Waals surface area contributed by atoms with Crippen molar-refractivity contribution >= 4 is 82.7 Å². The molecule has 0 bridgehead atoms. The number of allylic oxidation sites excluding steroid dienone is 1. The molecule has 0 aliphatic carbocycles. The van der Waals surface area contributed by atoms with Crippen LogP contribution in [0.1, 0.15) is 123 Å². The van der Waals surface area contributed by atoms with Gasteiger partial charge in [0.25, 0.3) is 5.91 Å². The number of ether oxygens (including phenoxy) is 2. The quantitative estimate of drug-likeness (QED) is 0.0150. The van der Waals surface area contributed by atoms with Crippen molar-refractivity contribution in [1.82, 2.24) is 47.9 Å². The van der Waals surface area contributed by atoms with E-state index in [-0.39, 0.29) is 38.8 Å². The Morgan fingerprint density at radius 3 is 1.80 bits per heavy atom. The molecule has 12 atom stereocenters. The number of carbonyl (C=O) groups is 12. The maximum Gasteiger partial charge on any atom is 0.335 e. The summed E-state index contributed by atoms with van der Waals surface area (Å²) in [5.41, 5.74) is 17.1. The van der Waals surface area contributed by atoms with E-state index in [0.29, 0.717) is 17.9 Å². The molecule has 6 unspecified atom stereocenters. The van der Waals surface area contributed by atoms with Gasteiger partial charge in [-0.1, -0.05) is 70.1 Å². The van der Waals surface area contributed by atoms with E-state index >= 15 is 0 Å². The van der Waals surface area contributed by atoms with Crippen molar-refractivity contribution in [2.75, 3.05) is 38.7 Å². The molecule has 21 N–H and O–H groups in total. The van der Waals surface area contributed by atoms with Gasteiger partial charge in [-0.25, -0.2) is 9.59 Å². The highest BCUT2D eigenvalue weighted by molar-refractivity contribution is 6.18. The third-order valence-corrected chi connectivity index (χ3v) is 14.3. The maximum atomic E-state index is 14.3. The Morgan fingerprint density at radius 2 is 1.23 bits per heavy atom. The molecule has 1 saturated heterocycles. The molecule has 2 rings (SSSR count). The first-order valence-corrected chi connectivity index (χ1v) is 30.4. The average Bonchev–Trinajstić information content (AvgIpc) is 1.88. The van der Waals surface area contributed by atoms with Gasteiger partial charge in [-0.3, -0.25) is 47.9 Å². The molecule has 9 amide bonds. The Kier molecular flexibility index (Phi) is 37.0. The number of carbonyl (C=O) groups excluding carboxylic acids is 10. The Hall–Kier alpha value is -7.59. The number of cyclic esters (lactones) is 1.